The van der Waals surface area contributed by atoms with Crippen LogP contribution in [0.2, 0.25) is 0 Å². The number of nitrogens with zero attached hydrogens (tertiary/aromatic N) is 3. The zero-order chi connectivity index (χ0) is 16.9. The number of carbonyl (C=O) groups is 2. The zero-order valence-electron chi connectivity index (χ0n) is 13.2. The molecule has 0 aliphatic carbocycles. The quantitative estimate of drug-likeness (QED) is 0.905. The van der Waals surface area contributed by atoms with Crippen LogP contribution in [0, 0.1) is 5.92 Å². The fourth-order valence-electron chi connectivity index (χ4n) is 3.00. The SMILES string of the molecule is O=C(O)CCC1CCCN(C(=O)c2cc(-c3cccnc3)on2)C1. The minimum Gasteiger partial charge on any atom is -0.481 e. The van der Waals surface area contributed by atoms with Crippen molar-refractivity contribution >= 4 is 11.9 Å². The summed E-state index contributed by atoms with van der Waals surface area (Å²) in [6.07, 6.45) is 5.88. The summed E-state index contributed by atoms with van der Waals surface area (Å²) in [5, 5.41) is 12.7. The molecule has 0 aromatic carbocycles. The van der Waals surface area contributed by atoms with Gasteiger partial charge in [0.2, 0.25) is 0 Å². The predicted molar refractivity (Wildman–Crippen MR) is 85.2 cm³/mol. The van der Waals surface area contributed by atoms with Crippen molar-refractivity contribution in [3.05, 3.63) is 36.3 Å². The van der Waals surface area contributed by atoms with Gasteiger partial charge in [0, 0.05) is 43.5 Å². The zero-order valence-corrected chi connectivity index (χ0v) is 13.2. The second-order valence-electron chi connectivity index (χ2n) is 6.01. The van der Waals surface area contributed by atoms with Crippen molar-refractivity contribution in [3.8, 4) is 11.3 Å². The number of piperidine rings is 1. The number of hydrogen-bond donors (Lipinski definition) is 1. The Labute approximate surface area is 139 Å². The molecule has 1 aliphatic rings. The lowest BCUT2D eigenvalue weighted by molar-refractivity contribution is -0.137. The Balaban J connectivity index is 1.66. The Kier molecular flexibility index (Phi) is 4.88. The number of pyridine rings is 1. The Morgan fingerprint density at radius 3 is 3.04 bits per heavy atom. The van der Waals surface area contributed by atoms with Gasteiger partial charge in [-0.2, -0.15) is 0 Å². The van der Waals surface area contributed by atoms with Gasteiger partial charge >= 0.3 is 5.97 Å². The largest absolute Gasteiger partial charge is 0.481 e. The van der Waals surface area contributed by atoms with Crippen LogP contribution in [0.15, 0.2) is 35.1 Å². The van der Waals surface area contributed by atoms with Gasteiger partial charge in [-0.15, -0.1) is 0 Å². The molecular weight excluding hydrogens is 310 g/mol. The van der Waals surface area contributed by atoms with Crippen LogP contribution < -0.4 is 0 Å². The highest BCUT2D eigenvalue weighted by atomic mass is 16.5. The van der Waals surface area contributed by atoms with Crippen molar-refractivity contribution in [3.63, 3.8) is 0 Å². The van der Waals surface area contributed by atoms with E-state index in [9.17, 15) is 9.59 Å². The Morgan fingerprint density at radius 1 is 1.42 bits per heavy atom. The van der Waals surface area contributed by atoms with E-state index in [2.05, 4.69) is 10.1 Å². The highest BCUT2D eigenvalue weighted by molar-refractivity contribution is 5.93. The van der Waals surface area contributed by atoms with Crippen molar-refractivity contribution in [1.29, 1.82) is 0 Å². The molecule has 7 heteroatoms. The van der Waals surface area contributed by atoms with Gasteiger partial charge in [0.05, 0.1) is 0 Å². The van der Waals surface area contributed by atoms with Gasteiger partial charge in [0.1, 0.15) is 0 Å². The first-order valence-electron chi connectivity index (χ1n) is 8.01. The highest BCUT2D eigenvalue weighted by Gasteiger charge is 2.26. The molecule has 1 amide bonds. The third-order valence-corrected chi connectivity index (χ3v) is 4.25. The van der Waals surface area contributed by atoms with Crippen molar-refractivity contribution < 1.29 is 19.2 Å². The summed E-state index contributed by atoms with van der Waals surface area (Å²) >= 11 is 0. The molecule has 3 heterocycles. The maximum atomic E-state index is 12.6. The molecule has 0 radical (unpaired) electrons. The molecule has 0 bridgehead atoms. The number of amides is 1. The van der Waals surface area contributed by atoms with E-state index >= 15 is 0 Å². The van der Waals surface area contributed by atoms with Crippen LogP contribution >= 0.6 is 0 Å². The number of carboxylic acids is 1. The summed E-state index contributed by atoms with van der Waals surface area (Å²) in [6.45, 7) is 1.23. The van der Waals surface area contributed by atoms with Crippen molar-refractivity contribution in [1.82, 2.24) is 15.0 Å². The molecule has 0 saturated carbocycles. The molecule has 2 aromatic rings. The summed E-state index contributed by atoms with van der Waals surface area (Å²) in [6, 6.07) is 5.25. The first-order valence-corrected chi connectivity index (χ1v) is 8.01. The number of aromatic nitrogens is 2. The molecule has 1 saturated heterocycles. The maximum Gasteiger partial charge on any atom is 0.303 e. The van der Waals surface area contributed by atoms with Gasteiger partial charge in [0.15, 0.2) is 11.5 Å². The lowest BCUT2D eigenvalue weighted by Crippen LogP contribution is -2.40. The van der Waals surface area contributed by atoms with Gasteiger partial charge in [-0.1, -0.05) is 5.16 Å². The van der Waals surface area contributed by atoms with Crippen LogP contribution in [0.25, 0.3) is 11.3 Å². The molecule has 2 aromatic heterocycles. The number of carboxylic acid groups (broad SMARTS) is 1. The number of likely N-dealkylation sites (tertiary alicyclic amines) is 1. The minimum absolute atomic E-state index is 0.141. The summed E-state index contributed by atoms with van der Waals surface area (Å²) in [4.78, 5) is 29.1. The van der Waals surface area contributed by atoms with Crippen molar-refractivity contribution in [2.45, 2.75) is 25.7 Å². The summed E-state index contributed by atoms with van der Waals surface area (Å²) in [5.41, 5.74) is 1.04. The molecule has 7 nitrogen and oxygen atoms in total. The smallest absolute Gasteiger partial charge is 0.303 e. The predicted octanol–water partition coefficient (Wildman–Crippen LogP) is 2.45. The van der Waals surface area contributed by atoms with E-state index in [4.69, 9.17) is 9.63 Å². The molecule has 3 rings (SSSR count). The monoisotopic (exact) mass is 329 g/mol. The lowest BCUT2D eigenvalue weighted by Gasteiger charge is -2.32. The van der Waals surface area contributed by atoms with E-state index in [0.29, 0.717) is 25.3 Å². The third-order valence-electron chi connectivity index (χ3n) is 4.25. The maximum absolute atomic E-state index is 12.6. The molecular formula is C17H19N3O4. The number of hydrogen-bond acceptors (Lipinski definition) is 5. The second-order valence-corrected chi connectivity index (χ2v) is 6.01. The Morgan fingerprint density at radius 2 is 2.29 bits per heavy atom. The fraction of sp³-hybridized carbons (Fsp3) is 0.412. The topological polar surface area (TPSA) is 96.5 Å². The normalized spacial score (nSPS) is 17.7. The molecule has 1 fully saturated rings. The average molecular weight is 329 g/mol. The van der Waals surface area contributed by atoms with Crippen LogP contribution in [-0.2, 0) is 4.79 Å². The van der Waals surface area contributed by atoms with Crippen molar-refractivity contribution in [2.75, 3.05) is 13.1 Å². The molecule has 126 valence electrons. The van der Waals surface area contributed by atoms with Crippen LogP contribution in [0.5, 0.6) is 0 Å². The first kappa shape index (κ1) is 16.2. The van der Waals surface area contributed by atoms with E-state index in [1.807, 2.05) is 6.07 Å². The van der Waals surface area contributed by atoms with Gasteiger partial charge in [-0.3, -0.25) is 14.6 Å². The summed E-state index contributed by atoms with van der Waals surface area (Å²) in [5.74, 6) is -0.237. The minimum atomic E-state index is -0.795. The van der Waals surface area contributed by atoms with E-state index in [-0.39, 0.29) is 23.9 Å². The second kappa shape index (κ2) is 7.25. The van der Waals surface area contributed by atoms with Gasteiger partial charge in [-0.25, -0.2) is 0 Å². The van der Waals surface area contributed by atoms with Gasteiger partial charge in [0.25, 0.3) is 5.91 Å². The molecule has 1 aliphatic heterocycles. The van der Waals surface area contributed by atoms with Crippen LogP contribution in [0.4, 0.5) is 0 Å². The highest BCUT2D eigenvalue weighted by Crippen LogP contribution is 2.24. The lowest BCUT2D eigenvalue weighted by atomic mass is 9.93. The Bertz CT molecular complexity index is 714. The van der Waals surface area contributed by atoms with Gasteiger partial charge in [-0.05, 0) is 37.3 Å². The molecule has 1 atom stereocenters. The molecule has 0 spiro atoms. The van der Waals surface area contributed by atoms with Crippen LogP contribution in [0.3, 0.4) is 0 Å². The standard InChI is InChI=1S/C17H19N3O4/c21-16(22)6-5-12-3-2-8-20(11-12)17(23)14-9-15(24-19-14)13-4-1-7-18-10-13/h1,4,7,9-10,12H,2-3,5-6,8,11H2,(H,21,22). The third kappa shape index (κ3) is 3.79. The number of aliphatic carboxylic acids is 1. The van der Waals surface area contributed by atoms with E-state index < -0.39 is 5.97 Å². The van der Waals surface area contributed by atoms with E-state index in [0.717, 1.165) is 18.4 Å². The number of carbonyl (C=O) groups excluding carboxylic acids is 1. The van der Waals surface area contributed by atoms with E-state index in [1.54, 1.807) is 29.4 Å². The van der Waals surface area contributed by atoms with Crippen LogP contribution in [0.1, 0.15) is 36.2 Å². The van der Waals surface area contributed by atoms with Crippen molar-refractivity contribution in [2.24, 2.45) is 5.92 Å². The van der Waals surface area contributed by atoms with Crippen LogP contribution in [-0.4, -0.2) is 45.1 Å². The fourth-order valence-corrected chi connectivity index (χ4v) is 3.00. The van der Waals surface area contributed by atoms with Gasteiger partial charge < -0.3 is 14.5 Å². The Hall–Kier alpha value is -2.70. The molecule has 1 unspecified atom stereocenters. The first-order chi connectivity index (χ1) is 11.6. The molecule has 1 N–H and O–H groups in total. The number of rotatable bonds is 5. The van der Waals surface area contributed by atoms with E-state index in [1.165, 1.54) is 0 Å². The average Bonchev–Trinajstić information content (AvgIpc) is 3.10. The summed E-state index contributed by atoms with van der Waals surface area (Å²) in [7, 11) is 0. The summed E-state index contributed by atoms with van der Waals surface area (Å²) < 4.78 is 5.25. The molecule has 24 heavy (non-hydrogen) atoms.